The van der Waals surface area contributed by atoms with Crippen LogP contribution in [0.3, 0.4) is 0 Å². The Morgan fingerprint density at radius 3 is 2.68 bits per heavy atom. The lowest BCUT2D eigenvalue weighted by Gasteiger charge is -2.32. The van der Waals surface area contributed by atoms with Crippen LogP contribution in [0.25, 0.3) is 0 Å². The van der Waals surface area contributed by atoms with Gasteiger partial charge in [0.15, 0.2) is 0 Å². The molecule has 1 unspecified atom stereocenters. The molecule has 3 aromatic rings. The first-order chi connectivity index (χ1) is 16.5. The van der Waals surface area contributed by atoms with Crippen LogP contribution in [0.15, 0.2) is 66.9 Å². The number of pyridine rings is 1. The van der Waals surface area contributed by atoms with Crippen LogP contribution in [0.4, 0.5) is 8.78 Å². The van der Waals surface area contributed by atoms with Crippen molar-refractivity contribution in [2.24, 2.45) is 5.92 Å². The number of hydrogen-bond acceptors (Lipinski definition) is 4. The van der Waals surface area contributed by atoms with E-state index in [0.29, 0.717) is 30.8 Å². The van der Waals surface area contributed by atoms with Crippen LogP contribution in [0, 0.1) is 17.6 Å². The highest BCUT2D eigenvalue weighted by Crippen LogP contribution is 2.24. The van der Waals surface area contributed by atoms with Crippen molar-refractivity contribution in [3.8, 4) is 11.6 Å². The summed E-state index contributed by atoms with van der Waals surface area (Å²) in [5.74, 6) is -0.720. The molecule has 1 aromatic heterocycles. The molecule has 2 heterocycles. The van der Waals surface area contributed by atoms with E-state index in [-0.39, 0.29) is 42.4 Å². The van der Waals surface area contributed by atoms with Gasteiger partial charge in [-0.3, -0.25) is 9.59 Å². The van der Waals surface area contributed by atoms with Crippen molar-refractivity contribution in [3.05, 3.63) is 89.6 Å². The molecule has 176 valence electrons. The number of ether oxygens (including phenoxy) is 1. The summed E-state index contributed by atoms with van der Waals surface area (Å²) in [5, 5.41) is 2.91. The Kier molecular flexibility index (Phi) is 7.47. The molecule has 4 rings (SSSR count). The van der Waals surface area contributed by atoms with Crippen LogP contribution in [0.1, 0.15) is 24.0 Å². The van der Waals surface area contributed by atoms with E-state index in [1.165, 1.54) is 24.3 Å². The normalized spacial score (nSPS) is 15.6. The summed E-state index contributed by atoms with van der Waals surface area (Å²) in [6.07, 6.45) is 3.15. The van der Waals surface area contributed by atoms with Gasteiger partial charge in [0.2, 0.25) is 17.7 Å². The molecule has 1 aliphatic rings. The maximum absolute atomic E-state index is 13.5. The maximum atomic E-state index is 13.5. The van der Waals surface area contributed by atoms with Crippen LogP contribution >= 0.6 is 0 Å². The van der Waals surface area contributed by atoms with Gasteiger partial charge < -0.3 is 15.0 Å². The minimum atomic E-state index is -0.417. The van der Waals surface area contributed by atoms with E-state index in [2.05, 4.69) is 10.3 Å². The Morgan fingerprint density at radius 1 is 1.06 bits per heavy atom. The molecule has 1 saturated heterocycles. The fourth-order valence-electron chi connectivity index (χ4n) is 3.93. The van der Waals surface area contributed by atoms with Gasteiger partial charge in [0.05, 0.1) is 12.3 Å². The molecule has 1 atom stereocenters. The van der Waals surface area contributed by atoms with Crippen LogP contribution in [0.2, 0.25) is 0 Å². The third kappa shape index (κ3) is 6.15. The smallest absolute Gasteiger partial charge is 0.227 e. The highest BCUT2D eigenvalue weighted by atomic mass is 19.1. The number of carbonyl (C=O) groups is 2. The van der Waals surface area contributed by atoms with Gasteiger partial charge >= 0.3 is 0 Å². The monoisotopic (exact) mass is 465 g/mol. The SMILES string of the molecule is O=C(NCc1cccnc1Oc1cccc(F)c1)C1CCCN(C(=O)Cc2ccc(F)cc2)C1. The van der Waals surface area contributed by atoms with Gasteiger partial charge in [-0.2, -0.15) is 0 Å². The summed E-state index contributed by atoms with van der Waals surface area (Å²) in [7, 11) is 0. The molecule has 34 heavy (non-hydrogen) atoms. The number of benzene rings is 2. The van der Waals surface area contributed by atoms with E-state index in [0.717, 1.165) is 12.0 Å². The molecule has 8 heteroatoms. The number of rotatable bonds is 7. The lowest BCUT2D eigenvalue weighted by atomic mass is 9.96. The van der Waals surface area contributed by atoms with E-state index in [4.69, 9.17) is 4.74 Å². The quantitative estimate of drug-likeness (QED) is 0.566. The van der Waals surface area contributed by atoms with Crippen LogP contribution in [0.5, 0.6) is 11.6 Å². The Morgan fingerprint density at radius 2 is 1.88 bits per heavy atom. The van der Waals surface area contributed by atoms with Crippen molar-refractivity contribution in [1.29, 1.82) is 0 Å². The minimum Gasteiger partial charge on any atom is -0.439 e. The molecular formula is C26H25F2N3O3. The zero-order valence-electron chi connectivity index (χ0n) is 18.5. The number of nitrogens with zero attached hydrogens (tertiary/aromatic N) is 2. The molecule has 0 spiro atoms. The number of aromatic nitrogens is 1. The summed E-state index contributed by atoms with van der Waals surface area (Å²) in [6.45, 7) is 1.13. The van der Waals surface area contributed by atoms with Crippen molar-refractivity contribution >= 4 is 11.8 Å². The summed E-state index contributed by atoms with van der Waals surface area (Å²) in [5.41, 5.74) is 1.39. The van der Waals surface area contributed by atoms with E-state index in [1.807, 2.05) is 0 Å². The summed E-state index contributed by atoms with van der Waals surface area (Å²) in [4.78, 5) is 31.4. The summed E-state index contributed by atoms with van der Waals surface area (Å²) < 4.78 is 32.3. The summed E-state index contributed by atoms with van der Waals surface area (Å²) in [6, 6.07) is 15.1. The molecule has 1 aliphatic heterocycles. The van der Waals surface area contributed by atoms with Crippen LogP contribution in [-0.2, 0) is 22.6 Å². The third-order valence-corrected chi connectivity index (χ3v) is 5.73. The van der Waals surface area contributed by atoms with Crippen molar-refractivity contribution < 1.29 is 23.1 Å². The number of amides is 2. The summed E-state index contributed by atoms with van der Waals surface area (Å²) >= 11 is 0. The van der Waals surface area contributed by atoms with Crippen molar-refractivity contribution in [1.82, 2.24) is 15.2 Å². The lowest BCUT2D eigenvalue weighted by Crippen LogP contribution is -2.45. The third-order valence-electron chi connectivity index (χ3n) is 5.73. The van der Waals surface area contributed by atoms with E-state index < -0.39 is 5.82 Å². The van der Waals surface area contributed by atoms with E-state index in [9.17, 15) is 18.4 Å². The van der Waals surface area contributed by atoms with E-state index >= 15 is 0 Å². The Balaban J connectivity index is 1.33. The number of likely N-dealkylation sites (tertiary alicyclic amines) is 1. The van der Waals surface area contributed by atoms with E-state index in [1.54, 1.807) is 47.5 Å². The predicted octanol–water partition coefficient (Wildman–Crippen LogP) is 4.25. The Labute approximate surface area is 196 Å². The van der Waals surface area contributed by atoms with Gasteiger partial charge in [-0.05, 0) is 48.7 Å². The molecule has 2 aromatic carbocycles. The van der Waals surface area contributed by atoms with Crippen molar-refractivity contribution in [2.75, 3.05) is 13.1 Å². The molecule has 0 aliphatic carbocycles. The predicted molar refractivity (Wildman–Crippen MR) is 122 cm³/mol. The average molecular weight is 466 g/mol. The molecule has 0 radical (unpaired) electrons. The first kappa shape index (κ1) is 23.4. The Hall–Kier alpha value is -3.81. The van der Waals surface area contributed by atoms with Crippen LogP contribution < -0.4 is 10.1 Å². The number of carbonyl (C=O) groups excluding carboxylic acids is 2. The molecular weight excluding hydrogens is 440 g/mol. The van der Waals surface area contributed by atoms with Crippen LogP contribution in [-0.4, -0.2) is 34.8 Å². The topological polar surface area (TPSA) is 71.5 Å². The molecule has 2 amide bonds. The number of halogens is 2. The molecule has 1 N–H and O–H groups in total. The second-order valence-corrected chi connectivity index (χ2v) is 8.23. The average Bonchev–Trinajstić information content (AvgIpc) is 2.85. The molecule has 6 nitrogen and oxygen atoms in total. The minimum absolute atomic E-state index is 0.0813. The van der Waals surface area contributed by atoms with Gasteiger partial charge in [-0.1, -0.05) is 24.3 Å². The van der Waals surface area contributed by atoms with Gasteiger partial charge in [0, 0.05) is 37.5 Å². The highest BCUT2D eigenvalue weighted by Gasteiger charge is 2.28. The fourth-order valence-corrected chi connectivity index (χ4v) is 3.93. The first-order valence-corrected chi connectivity index (χ1v) is 11.1. The van der Waals surface area contributed by atoms with Gasteiger partial charge in [0.25, 0.3) is 0 Å². The molecule has 0 bridgehead atoms. The maximum Gasteiger partial charge on any atom is 0.227 e. The number of hydrogen-bond donors (Lipinski definition) is 1. The highest BCUT2D eigenvalue weighted by molar-refractivity contribution is 5.82. The lowest BCUT2D eigenvalue weighted by molar-refractivity contribution is -0.135. The van der Waals surface area contributed by atoms with Crippen molar-refractivity contribution in [2.45, 2.75) is 25.8 Å². The number of piperidine rings is 1. The zero-order chi connectivity index (χ0) is 23.9. The van der Waals surface area contributed by atoms with Crippen molar-refractivity contribution in [3.63, 3.8) is 0 Å². The first-order valence-electron chi connectivity index (χ1n) is 11.1. The Bertz CT molecular complexity index is 1150. The zero-order valence-corrected chi connectivity index (χ0v) is 18.5. The van der Waals surface area contributed by atoms with Gasteiger partial charge in [0.1, 0.15) is 17.4 Å². The van der Waals surface area contributed by atoms with Gasteiger partial charge in [-0.25, -0.2) is 13.8 Å². The second-order valence-electron chi connectivity index (χ2n) is 8.23. The van der Waals surface area contributed by atoms with Gasteiger partial charge in [-0.15, -0.1) is 0 Å². The fraction of sp³-hybridized carbons (Fsp3) is 0.269. The number of nitrogens with one attached hydrogen (secondary N) is 1. The standard InChI is InChI=1S/C26H25F2N3O3/c27-21-10-8-18(9-11-21)14-24(32)31-13-3-5-20(17-31)25(33)30-16-19-4-2-12-29-26(19)34-23-7-1-6-22(28)15-23/h1-2,4,6-12,15,20H,3,5,13-14,16-17H2,(H,30,33). The second kappa shape index (κ2) is 10.9. The molecule has 1 fully saturated rings. The largest absolute Gasteiger partial charge is 0.439 e. The molecule has 0 saturated carbocycles.